The molecule has 2 atom stereocenters. The average Bonchev–Trinajstić information content (AvgIpc) is 3.58. The molecule has 3 heterocycles. The van der Waals surface area contributed by atoms with Gasteiger partial charge in [-0.3, -0.25) is 9.59 Å². The van der Waals surface area contributed by atoms with Crippen LogP contribution in [0.5, 0.6) is 11.5 Å². The third-order valence-corrected chi connectivity index (χ3v) is 6.56. The highest BCUT2D eigenvalue weighted by molar-refractivity contribution is 6.46. The van der Waals surface area contributed by atoms with Crippen molar-refractivity contribution >= 4 is 17.4 Å². The molecule has 186 valence electrons. The van der Waals surface area contributed by atoms with Gasteiger partial charge in [-0.1, -0.05) is 25.5 Å². The number of nitrogens with zero attached hydrogens (tertiary/aromatic N) is 1. The molecular formula is C29H29NO6. The molecule has 0 bridgehead atoms. The maximum Gasteiger partial charge on any atom is 0.296 e. The van der Waals surface area contributed by atoms with E-state index in [2.05, 4.69) is 6.92 Å². The number of furan rings is 1. The van der Waals surface area contributed by atoms with Crippen LogP contribution in [0, 0.1) is 0 Å². The minimum absolute atomic E-state index is 0.0455. The van der Waals surface area contributed by atoms with Gasteiger partial charge in [0.25, 0.3) is 11.7 Å². The summed E-state index contributed by atoms with van der Waals surface area (Å²) in [6.45, 7) is 4.74. The molecule has 2 aliphatic heterocycles. The summed E-state index contributed by atoms with van der Waals surface area (Å²) in [5.74, 6) is 0.333. The van der Waals surface area contributed by atoms with E-state index in [1.807, 2.05) is 37.3 Å². The quantitative estimate of drug-likeness (QED) is 0.198. The lowest BCUT2D eigenvalue weighted by atomic mass is 9.94. The summed E-state index contributed by atoms with van der Waals surface area (Å²) in [7, 11) is 0. The smallest absolute Gasteiger partial charge is 0.296 e. The Morgan fingerprint density at radius 2 is 2.00 bits per heavy atom. The number of rotatable bonds is 8. The van der Waals surface area contributed by atoms with E-state index in [0.717, 1.165) is 24.2 Å². The third-order valence-electron chi connectivity index (χ3n) is 6.56. The van der Waals surface area contributed by atoms with Gasteiger partial charge in [-0.25, -0.2) is 0 Å². The van der Waals surface area contributed by atoms with Gasteiger partial charge in [-0.05, 0) is 66.9 Å². The van der Waals surface area contributed by atoms with Crippen molar-refractivity contribution in [3.8, 4) is 11.5 Å². The highest BCUT2D eigenvalue weighted by atomic mass is 16.5. The molecule has 1 N–H and O–H groups in total. The summed E-state index contributed by atoms with van der Waals surface area (Å²) in [5.41, 5.74) is 2.15. The molecule has 0 spiro atoms. The van der Waals surface area contributed by atoms with Gasteiger partial charge >= 0.3 is 0 Å². The molecule has 1 saturated heterocycles. The van der Waals surface area contributed by atoms with Crippen LogP contribution in [-0.2, 0) is 22.6 Å². The number of fused-ring (bicyclic) bond motifs is 1. The molecule has 2 unspecified atom stereocenters. The highest BCUT2D eigenvalue weighted by Crippen LogP contribution is 2.42. The lowest BCUT2D eigenvalue weighted by Crippen LogP contribution is -2.29. The Kier molecular flexibility index (Phi) is 6.55. The SMILES string of the molecule is CCCCOc1cccc(C2/C(=C(\O)c3ccc4c(c3)CC(C)O4)C(=O)C(=O)N2Cc2ccco2)c1. The number of ketones is 1. The van der Waals surface area contributed by atoms with Crippen molar-refractivity contribution in [3.63, 3.8) is 0 Å². The van der Waals surface area contributed by atoms with Crippen molar-refractivity contribution in [2.75, 3.05) is 6.61 Å². The second kappa shape index (κ2) is 9.93. The Bertz CT molecular complexity index is 1310. The standard InChI is InChI=1S/C29H29NO6/c1-3-4-12-34-22-8-5-7-19(16-22)26-25(28(32)29(33)30(26)17-23-9-6-13-35-23)27(31)20-10-11-24-21(15-20)14-18(2)36-24/h5-11,13,15-16,18,26,31H,3-4,12,14,17H2,1-2H3/b27-25+. The van der Waals surface area contributed by atoms with Crippen molar-refractivity contribution in [1.82, 2.24) is 4.90 Å². The molecule has 7 nitrogen and oxygen atoms in total. The molecule has 3 aromatic rings. The highest BCUT2D eigenvalue weighted by Gasteiger charge is 2.46. The normalized spacial score (nSPS) is 20.4. The Labute approximate surface area is 209 Å². The van der Waals surface area contributed by atoms with E-state index in [1.165, 1.54) is 11.2 Å². The molecule has 2 aromatic carbocycles. The first kappa shape index (κ1) is 23.7. The molecular weight excluding hydrogens is 458 g/mol. The van der Waals surface area contributed by atoms with E-state index in [-0.39, 0.29) is 24.0 Å². The van der Waals surface area contributed by atoms with Crippen molar-refractivity contribution in [3.05, 3.63) is 88.9 Å². The number of hydrogen-bond acceptors (Lipinski definition) is 6. The third kappa shape index (κ3) is 4.49. The maximum atomic E-state index is 13.3. The molecule has 0 aliphatic carbocycles. The average molecular weight is 488 g/mol. The first-order valence-corrected chi connectivity index (χ1v) is 12.3. The van der Waals surface area contributed by atoms with E-state index in [0.29, 0.717) is 35.7 Å². The molecule has 1 aromatic heterocycles. The van der Waals surface area contributed by atoms with E-state index < -0.39 is 17.7 Å². The van der Waals surface area contributed by atoms with Crippen LogP contribution in [0.1, 0.15) is 55.2 Å². The number of amides is 1. The molecule has 1 fully saturated rings. The monoisotopic (exact) mass is 487 g/mol. The topological polar surface area (TPSA) is 89.2 Å². The minimum Gasteiger partial charge on any atom is -0.507 e. The van der Waals surface area contributed by atoms with Gasteiger partial charge in [0, 0.05) is 12.0 Å². The van der Waals surface area contributed by atoms with Crippen LogP contribution >= 0.6 is 0 Å². The zero-order valence-corrected chi connectivity index (χ0v) is 20.4. The van der Waals surface area contributed by atoms with Crippen molar-refractivity contribution < 1.29 is 28.6 Å². The summed E-state index contributed by atoms with van der Waals surface area (Å²) < 4.78 is 17.1. The van der Waals surface area contributed by atoms with E-state index >= 15 is 0 Å². The number of unbranched alkanes of at least 4 members (excludes halogenated alkanes) is 1. The summed E-state index contributed by atoms with van der Waals surface area (Å²) >= 11 is 0. The number of carbonyl (C=O) groups excluding carboxylic acids is 2. The summed E-state index contributed by atoms with van der Waals surface area (Å²) in [6.07, 6.45) is 4.21. The minimum atomic E-state index is -0.798. The van der Waals surface area contributed by atoms with Crippen LogP contribution in [-0.4, -0.2) is 34.4 Å². The number of aliphatic hydroxyl groups is 1. The molecule has 5 rings (SSSR count). The van der Waals surface area contributed by atoms with Gasteiger partial charge in [0.15, 0.2) is 0 Å². The molecule has 2 aliphatic rings. The van der Waals surface area contributed by atoms with Crippen molar-refractivity contribution in [2.45, 2.75) is 51.8 Å². The number of hydrogen-bond donors (Lipinski definition) is 1. The number of Topliss-reactive ketones (excluding diaryl/α,β-unsaturated/α-hetero) is 1. The first-order valence-electron chi connectivity index (χ1n) is 12.3. The zero-order valence-electron chi connectivity index (χ0n) is 20.4. The summed E-state index contributed by atoms with van der Waals surface area (Å²) in [4.78, 5) is 28.0. The number of aliphatic hydroxyl groups excluding tert-OH is 1. The van der Waals surface area contributed by atoms with Crippen LogP contribution in [0.15, 0.2) is 70.9 Å². The van der Waals surface area contributed by atoms with Gasteiger partial charge in [0.1, 0.15) is 29.1 Å². The predicted molar refractivity (Wildman–Crippen MR) is 134 cm³/mol. The largest absolute Gasteiger partial charge is 0.507 e. The molecule has 0 saturated carbocycles. The first-order chi connectivity index (χ1) is 17.5. The van der Waals surface area contributed by atoms with E-state index in [1.54, 1.807) is 24.3 Å². The van der Waals surface area contributed by atoms with Gasteiger partial charge in [-0.2, -0.15) is 0 Å². The Hall–Kier alpha value is -4.00. The number of ether oxygens (including phenoxy) is 2. The van der Waals surface area contributed by atoms with Crippen molar-refractivity contribution in [1.29, 1.82) is 0 Å². The fourth-order valence-corrected chi connectivity index (χ4v) is 4.79. The van der Waals surface area contributed by atoms with Gasteiger partial charge in [-0.15, -0.1) is 0 Å². The van der Waals surface area contributed by atoms with Crippen LogP contribution in [0.3, 0.4) is 0 Å². The Balaban J connectivity index is 1.59. The van der Waals surface area contributed by atoms with Gasteiger partial charge in [0.05, 0.1) is 31.0 Å². The summed E-state index contributed by atoms with van der Waals surface area (Å²) in [5, 5.41) is 11.4. The fraction of sp³-hybridized carbons (Fsp3) is 0.310. The molecule has 7 heteroatoms. The van der Waals surface area contributed by atoms with Crippen LogP contribution in [0.2, 0.25) is 0 Å². The van der Waals surface area contributed by atoms with Gasteiger partial charge < -0.3 is 23.9 Å². The fourth-order valence-electron chi connectivity index (χ4n) is 4.79. The number of carbonyl (C=O) groups is 2. The van der Waals surface area contributed by atoms with Crippen molar-refractivity contribution in [2.24, 2.45) is 0 Å². The second-order valence-electron chi connectivity index (χ2n) is 9.24. The number of benzene rings is 2. The molecule has 0 radical (unpaired) electrons. The van der Waals surface area contributed by atoms with Crippen LogP contribution in [0.4, 0.5) is 0 Å². The number of likely N-dealkylation sites (tertiary alicyclic amines) is 1. The molecule has 36 heavy (non-hydrogen) atoms. The van der Waals surface area contributed by atoms with Crippen LogP contribution in [0.25, 0.3) is 5.76 Å². The van der Waals surface area contributed by atoms with E-state index in [9.17, 15) is 14.7 Å². The summed E-state index contributed by atoms with van der Waals surface area (Å²) in [6, 6.07) is 15.4. The van der Waals surface area contributed by atoms with Crippen LogP contribution < -0.4 is 9.47 Å². The Morgan fingerprint density at radius 3 is 2.78 bits per heavy atom. The second-order valence-corrected chi connectivity index (χ2v) is 9.24. The Morgan fingerprint density at radius 1 is 1.14 bits per heavy atom. The lowest BCUT2D eigenvalue weighted by Gasteiger charge is -2.25. The predicted octanol–water partition coefficient (Wildman–Crippen LogP) is 5.40. The lowest BCUT2D eigenvalue weighted by molar-refractivity contribution is -0.140. The van der Waals surface area contributed by atoms with Gasteiger partial charge in [0.2, 0.25) is 0 Å². The molecule has 1 amide bonds. The zero-order chi connectivity index (χ0) is 25.2. The van der Waals surface area contributed by atoms with E-state index in [4.69, 9.17) is 13.9 Å². The maximum absolute atomic E-state index is 13.3.